The third-order valence-corrected chi connectivity index (χ3v) is 3.66. The number of hydrogen-bond donors (Lipinski definition) is 3. The Balaban J connectivity index is 1.75. The Bertz CT molecular complexity index is 806. The van der Waals surface area contributed by atoms with Gasteiger partial charge >= 0.3 is 0 Å². The largest absolute Gasteiger partial charge is 0.361 e. The van der Waals surface area contributed by atoms with Gasteiger partial charge in [-0.3, -0.25) is 4.79 Å². The predicted octanol–water partition coefficient (Wildman–Crippen LogP) is 3.02. The smallest absolute Gasteiger partial charge is 0.255 e. The zero-order chi connectivity index (χ0) is 13.5. The first-order valence-corrected chi connectivity index (χ1v) is 6.55. The Morgan fingerprint density at radius 2 is 1.85 bits per heavy atom. The normalized spacial score (nSPS) is 17.4. The van der Waals surface area contributed by atoms with Gasteiger partial charge in [0.15, 0.2) is 0 Å². The molecule has 0 bridgehead atoms. The molecule has 0 saturated carbocycles. The molecule has 1 atom stereocenters. The molecule has 0 radical (unpaired) electrons. The van der Waals surface area contributed by atoms with Crippen LogP contribution in [0.3, 0.4) is 0 Å². The van der Waals surface area contributed by atoms with E-state index in [-0.39, 0.29) is 12.1 Å². The zero-order valence-electron chi connectivity index (χ0n) is 10.7. The average Bonchev–Trinajstić information content (AvgIpc) is 2.94. The van der Waals surface area contributed by atoms with Crippen LogP contribution in [0.15, 0.2) is 54.7 Å². The van der Waals surface area contributed by atoms with Gasteiger partial charge < -0.3 is 15.6 Å². The molecular formula is C16H13N3O. The number of rotatable bonds is 1. The summed E-state index contributed by atoms with van der Waals surface area (Å²) < 4.78 is 0. The fourth-order valence-electron chi connectivity index (χ4n) is 2.62. The van der Waals surface area contributed by atoms with Gasteiger partial charge in [-0.15, -0.1) is 0 Å². The van der Waals surface area contributed by atoms with Crippen molar-refractivity contribution in [1.29, 1.82) is 0 Å². The lowest BCUT2D eigenvalue weighted by molar-refractivity contribution is 0.0935. The van der Waals surface area contributed by atoms with E-state index < -0.39 is 0 Å². The van der Waals surface area contributed by atoms with Gasteiger partial charge in [0.2, 0.25) is 0 Å². The molecule has 4 nitrogen and oxygen atoms in total. The highest BCUT2D eigenvalue weighted by molar-refractivity contribution is 6.01. The van der Waals surface area contributed by atoms with Crippen molar-refractivity contribution in [3.63, 3.8) is 0 Å². The summed E-state index contributed by atoms with van der Waals surface area (Å²) in [5.74, 6) is -0.0454. The Labute approximate surface area is 115 Å². The maximum Gasteiger partial charge on any atom is 0.255 e. The van der Waals surface area contributed by atoms with Crippen molar-refractivity contribution >= 4 is 22.5 Å². The van der Waals surface area contributed by atoms with Crippen molar-refractivity contribution in [2.75, 3.05) is 5.32 Å². The van der Waals surface area contributed by atoms with Crippen LogP contribution >= 0.6 is 0 Å². The fraction of sp³-hybridized carbons (Fsp3) is 0.0625. The Hall–Kier alpha value is -2.75. The van der Waals surface area contributed by atoms with Crippen LogP contribution in [0, 0.1) is 0 Å². The number of para-hydroxylation sites is 1. The van der Waals surface area contributed by atoms with Crippen LogP contribution in [0.2, 0.25) is 0 Å². The minimum atomic E-state index is -0.204. The second-order valence-electron chi connectivity index (χ2n) is 4.92. The van der Waals surface area contributed by atoms with Crippen LogP contribution in [-0.4, -0.2) is 10.9 Å². The lowest BCUT2D eigenvalue weighted by Crippen LogP contribution is -2.38. The molecule has 4 rings (SSSR count). The van der Waals surface area contributed by atoms with Crippen molar-refractivity contribution in [2.45, 2.75) is 6.17 Å². The van der Waals surface area contributed by atoms with Crippen LogP contribution in [0.4, 0.5) is 5.69 Å². The SMILES string of the molecule is O=C1NC(c2ccc3cc[nH]c3c2)Nc2ccccc21. The van der Waals surface area contributed by atoms with Crippen molar-refractivity contribution in [1.82, 2.24) is 10.3 Å². The fourth-order valence-corrected chi connectivity index (χ4v) is 2.62. The second kappa shape index (κ2) is 4.13. The lowest BCUT2D eigenvalue weighted by Gasteiger charge is -2.28. The Morgan fingerprint density at radius 1 is 0.950 bits per heavy atom. The third-order valence-electron chi connectivity index (χ3n) is 3.66. The van der Waals surface area contributed by atoms with E-state index >= 15 is 0 Å². The van der Waals surface area contributed by atoms with Gasteiger partial charge in [0, 0.05) is 17.4 Å². The van der Waals surface area contributed by atoms with Gasteiger partial charge in [-0.1, -0.05) is 24.3 Å². The van der Waals surface area contributed by atoms with E-state index in [1.54, 1.807) is 0 Å². The lowest BCUT2D eigenvalue weighted by atomic mass is 10.0. The molecule has 2 aromatic carbocycles. The molecule has 3 N–H and O–H groups in total. The van der Waals surface area contributed by atoms with Crippen LogP contribution < -0.4 is 10.6 Å². The maximum atomic E-state index is 12.1. The predicted molar refractivity (Wildman–Crippen MR) is 78.6 cm³/mol. The standard InChI is InChI=1S/C16H13N3O/c20-16-12-3-1-2-4-13(12)18-15(19-16)11-6-5-10-7-8-17-14(10)9-11/h1-9,15,17-18H,(H,19,20). The molecule has 4 heteroatoms. The number of amides is 1. The summed E-state index contributed by atoms with van der Waals surface area (Å²) in [6.45, 7) is 0. The van der Waals surface area contributed by atoms with Gasteiger partial charge in [-0.25, -0.2) is 0 Å². The first kappa shape index (κ1) is 11.1. The van der Waals surface area contributed by atoms with E-state index in [4.69, 9.17) is 0 Å². The van der Waals surface area contributed by atoms with Crippen molar-refractivity contribution < 1.29 is 4.79 Å². The first-order valence-electron chi connectivity index (χ1n) is 6.55. The Morgan fingerprint density at radius 3 is 2.80 bits per heavy atom. The van der Waals surface area contributed by atoms with Crippen LogP contribution in [0.1, 0.15) is 22.1 Å². The molecule has 1 amide bonds. The molecule has 1 unspecified atom stereocenters. The van der Waals surface area contributed by atoms with E-state index in [0.717, 1.165) is 22.2 Å². The van der Waals surface area contributed by atoms with E-state index in [1.807, 2.05) is 42.6 Å². The highest BCUT2D eigenvalue weighted by Crippen LogP contribution is 2.27. The molecule has 98 valence electrons. The van der Waals surface area contributed by atoms with E-state index in [1.165, 1.54) is 0 Å². The summed E-state index contributed by atoms with van der Waals surface area (Å²) >= 11 is 0. The number of aromatic amines is 1. The summed E-state index contributed by atoms with van der Waals surface area (Å²) in [7, 11) is 0. The number of nitrogens with one attached hydrogen (secondary N) is 3. The van der Waals surface area contributed by atoms with Gasteiger partial charge in [0.1, 0.15) is 6.17 Å². The average molecular weight is 263 g/mol. The number of anilines is 1. The van der Waals surface area contributed by atoms with Gasteiger partial charge in [0.25, 0.3) is 5.91 Å². The van der Waals surface area contributed by atoms with Gasteiger partial charge in [0.05, 0.1) is 5.56 Å². The molecule has 1 aromatic heterocycles. The van der Waals surface area contributed by atoms with Crippen molar-refractivity contribution in [3.8, 4) is 0 Å². The molecule has 0 spiro atoms. The highest BCUT2D eigenvalue weighted by Gasteiger charge is 2.24. The summed E-state index contributed by atoms with van der Waals surface area (Å²) in [6, 6.07) is 15.7. The van der Waals surface area contributed by atoms with Crippen LogP contribution in [0.25, 0.3) is 10.9 Å². The summed E-state index contributed by atoms with van der Waals surface area (Å²) in [4.78, 5) is 15.3. The van der Waals surface area contributed by atoms with Crippen molar-refractivity contribution in [2.24, 2.45) is 0 Å². The van der Waals surface area contributed by atoms with E-state index in [0.29, 0.717) is 5.56 Å². The second-order valence-corrected chi connectivity index (χ2v) is 4.92. The van der Waals surface area contributed by atoms with Gasteiger partial charge in [-0.05, 0) is 35.2 Å². The topological polar surface area (TPSA) is 56.9 Å². The van der Waals surface area contributed by atoms with Crippen LogP contribution in [-0.2, 0) is 0 Å². The highest BCUT2D eigenvalue weighted by atomic mass is 16.2. The maximum absolute atomic E-state index is 12.1. The Kier molecular flexibility index (Phi) is 2.29. The number of H-pyrrole nitrogens is 1. The number of carbonyl (C=O) groups is 1. The molecule has 0 aliphatic carbocycles. The molecule has 1 aliphatic rings. The van der Waals surface area contributed by atoms with E-state index in [2.05, 4.69) is 27.8 Å². The number of hydrogen-bond acceptors (Lipinski definition) is 2. The molecule has 0 fully saturated rings. The molecule has 0 saturated heterocycles. The summed E-state index contributed by atoms with van der Waals surface area (Å²) in [6.07, 6.45) is 1.71. The number of aromatic nitrogens is 1. The molecule has 3 aromatic rings. The first-order chi connectivity index (χ1) is 9.81. The third kappa shape index (κ3) is 1.66. The van der Waals surface area contributed by atoms with Gasteiger partial charge in [-0.2, -0.15) is 0 Å². The monoisotopic (exact) mass is 263 g/mol. The minimum Gasteiger partial charge on any atom is -0.361 e. The molecule has 20 heavy (non-hydrogen) atoms. The molecule has 1 aliphatic heterocycles. The van der Waals surface area contributed by atoms with Crippen LogP contribution in [0.5, 0.6) is 0 Å². The molecule has 2 heterocycles. The quantitative estimate of drug-likeness (QED) is 0.632. The number of benzene rings is 2. The molecular weight excluding hydrogens is 250 g/mol. The van der Waals surface area contributed by atoms with E-state index in [9.17, 15) is 4.79 Å². The number of fused-ring (bicyclic) bond motifs is 2. The van der Waals surface area contributed by atoms with Crippen molar-refractivity contribution in [3.05, 3.63) is 65.9 Å². The number of carbonyl (C=O) groups excluding carboxylic acids is 1. The zero-order valence-corrected chi connectivity index (χ0v) is 10.7. The summed E-state index contributed by atoms with van der Waals surface area (Å²) in [5.41, 5.74) is 3.65. The summed E-state index contributed by atoms with van der Waals surface area (Å²) in [5, 5.41) is 7.50. The minimum absolute atomic E-state index is 0.0454.